The van der Waals surface area contributed by atoms with Crippen molar-refractivity contribution in [1.82, 2.24) is 10.7 Å². The van der Waals surface area contributed by atoms with Gasteiger partial charge in [-0.25, -0.2) is 0 Å². The predicted molar refractivity (Wildman–Crippen MR) is 97.3 cm³/mol. The molecule has 0 spiro atoms. The highest BCUT2D eigenvalue weighted by atomic mass is 32.1. The van der Waals surface area contributed by atoms with Crippen molar-refractivity contribution in [1.29, 1.82) is 0 Å². The van der Waals surface area contributed by atoms with Gasteiger partial charge in [0.1, 0.15) is 5.75 Å². The predicted octanol–water partition coefficient (Wildman–Crippen LogP) is 2.37. The highest BCUT2D eigenvalue weighted by molar-refractivity contribution is 7.80. The van der Waals surface area contributed by atoms with Crippen LogP contribution in [0.4, 0.5) is 0 Å². The van der Waals surface area contributed by atoms with Crippen molar-refractivity contribution in [3.8, 4) is 5.75 Å². The molecule has 6 nitrogen and oxygen atoms in total. The molecule has 1 aliphatic heterocycles. The number of benzene rings is 1. The van der Waals surface area contributed by atoms with Gasteiger partial charge in [-0.3, -0.25) is 10.2 Å². The van der Waals surface area contributed by atoms with Gasteiger partial charge < -0.3 is 14.8 Å². The Morgan fingerprint density at radius 3 is 3.00 bits per heavy atom. The van der Waals surface area contributed by atoms with E-state index in [9.17, 15) is 4.79 Å². The zero-order valence-electron chi connectivity index (χ0n) is 13.8. The van der Waals surface area contributed by atoms with Crippen LogP contribution in [-0.2, 0) is 9.53 Å². The van der Waals surface area contributed by atoms with E-state index in [4.69, 9.17) is 17.0 Å². The molecule has 1 heterocycles. The first-order chi connectivity index (χ1) is 11.7. The maximum atomic E-state index is 11.0. The second-order valence-electron chi connectivity index (χ2n) is 5.41. The molecule has 130 valence electrons. The zero-order valence-corrected chi connectivity index (χ0v) is 14.7. The molecule has 0 fully saturated rings. The van der Waals surface area contributed by atoms with E-state index in [0.29, 0.717) is 18.1 Å². The summed E-state index contributed by atoms with van der Waals surface area (Å²) in [6, 6.07) is 7.84. The summed E-state index contributed by atoms with van der Waals surface area (Å²) < 4.78 is 10.2. The summed E-state index contributed by atoms with van der Waals surface area (Å²) in [6.45, 7) is 1.37. The molecule has 0 bridgehead atoms. The molecule has 0 amide bonds. The summed E-state index contributed by atoms with van der Waals surface area (Å²) in [5, 5.41) is 8.01. The van der Waals surface area contributed by atoms with Crippen LogP contribution < -0.4 is 15.5 Å². The Morgan fingerprint density at radius 1 is 1.33 bits per heavy atom. The third kappa shape index (κ3) is 5.81. The summed E-state index contributed by atoms with van der Waals surface area (Å²) in [7, 11) is 1.41. The van der Waals surface area contributed by atoms with Crippen LogP contribution in [-0.4, -0.2) is 37.1 Å². The van der Waals surface area contributed by atoms with Crippen molar-refractivity contribution in [2.24, 2.45) is 5.10 Å². The first kappa shape index (κ1) is 18.2. The lowest BCUT2D eigenvalue weighted by molar-refractivity contribution is -0.140. The standard InChI is InChI=1S/C17H23N3O3S/c1-22-16(21)9-3-2-6-11-18-17(24)20-19-14-10-12-23-15-8-5-4-7-13(14)15/h4-5,7-8H,2-3,6,9-12H2,1H3,(H2,18,20,24)/b19-14-. The number of hydrogen-bond acceptors (Lipinski definition) is 5. The quantitative estimate of drug-likeness (QED) is 0.341. The zero-order chi connectivity index (χ0) is 17.2. The van der Waals surface area contributed by atoms with E-state index in [1.54, 1.807) is 0 Å². The first-order valence-corrected chi connectivity index (χ1v) is 8.51. The molecule has 0 radical (unpaired) electrons. The molecule has 1 aromatic carbocycles. The number of unbranched alkanes of at least 4 members (excludes halogenated alkanes) is 2. The van der Waals surface area contributed by atoms with E-state index in [1.807, 2.05) is 24.3 Å². The molecular formula is C17H23N3O3S. The number of carbonyl (C=O) groups is 1. The van der Waals surface area contributed by atoms with Crippen LogP contribution in [0.5, 0.6) is 5.75 Å². The molecule has 2 N–H and O–H groups in total. The number of thiocarbonyl (C=S) groups is 1. The van der Waals surface area contributed by atoms with E-state index < -0.39 is 0 Å². The number of para-hydroxylation sites is 1. The van der Waals surface area contributed by atoms with Crippen LogP contribution in [0, 0.1) is 0 Å². The second kappa shape index (κ2) is 9.87. The molecule has 0 aliphatic carbocycles. The van der Waals surface area contributed by atoms with Crippen molar-refractivity contribution < 1.29 is 14.3 Å². The molecule has 1 aromatic rings. The van der Waals surface area contributed by atoms with Gasteiger partial charge in [-0.15, -0.1) is 0 Å². The first-order valence-electron chi connectivity index (χ1n) is 8.10. The van der Waals surface area contributed by atoms with E-state index >= 15 is 0 Å². The van der Waals surface area contributed by atoms with Gasteiger partial charge >= 0.3 is 5.97 Å². The van der Waals surface area contributed by atoms with Gasteiger partial charge in [0, 0.05) is 24.9 Å². The number of nitrogens with one attached hydrogen (secondary N) is 2. The fourth-order valence-corrected chi connectivity index (χ4v) is 2.52. The molecule has 1 aliphatic rings. The highest BCUT2D eigenvalue weighted by Gasteiger charge is 2.15. The minimum absolute atomic E-state index is 0.160. The fourth-order valence-electron chi connectivity index (χ4n) is 2.37. The molecular weight excluding hydrogens is 326 g/mol. The van der Waals surface area contributed by atoms with Crippen LogP contribution in [0.1, 0.15) is 37.7 Å². The monoisotopic (exact) mass is 349 g/mol. The number of carbonyl (C=O) groups excluding carboxylic acids is 1. The van der Waals surface area contributed by atoms with Gasteiger partial charge in [0.25, 0.3) is 0 Å². The number of fused-ring (bicyclic) bond motifs is 1. The molecule has 7 heteroatoms. The van der Waals surface area contributed by atoms with Gasteiger partial charge in [0.15, 0.2) is 5.11 Å². The topological polar surface area (TPSA) is 72.0 Å². The Labute approximate surface area is 147 Å². The van der Waals surface area contributed by atoms with Gasteiger partial charge in [0.2, 0.25) is 0 Å². The van der Waals surface area contributed by atoms with Gasteiger partial charge in [-0.2, -0.15) is 5.10 Å². The summed E-state index contributed by atoms with van der Waals surface area (Å²) >= 11 is 5.22. The van der Waals surface area contributed by atoms with Gasteiger partial charge in [-0.1, -0.05) is 18.6 Å². The van der Waals surface area contributed by atoms with Crippen molar-refractivity contribution in [3.05, 3.63) is 29.8 Å². The van der Waals surface area contributed by atoms with E-state index in [-0.39, 0.29) is 5.97 Å². The van der Waals surface area contributed by atoms with Crippen molar-refractivity contribution in [2.45, 2.75) is 32.1 Å². The largest absolute Gasteiger partial charge is 0.492 e. The third-order valence-corrected chi connectivity index (χ3v) is 3.89. The maximum Gasteiger partial charge on any atom is 0.305 e. The van der Waals surface area contributed by atoms with E-state index in [2.05, 4.69) is 20.6 Å². The summed E-state index contributed by atoms with van der Waals surface area (Å²) in [5.74, 6) is 0.696. The molecule has 0 atom stereocenters. The highest BCUT2D eigenvalue weighted by Crippen LogP contribution is 2.24. The van der Waals surface area contributed by atoms with Crippen molar-refractivity contribution in [2.75, 3.05) is 20.3 Å². The SMILES string of the molecule is COC(=O)CCCCCNC(=S)N/N=C1/CCOc2ccccc21. The number of hydrogen-bond donors (Lipinski definition) is 2. The molecule has 0 unspecified atom stereocenters. The van der Waals surface area contributed by atoms with Crippen LogP contribution >= 0.6 is 12.2 Å². The number of methoxy groups -OCH3 is 1. The van der Waals surface area contributed by atoms with Crippen molar-refractivity contribution >= 4 is 29.0 Å². The van der Waals surface area contributed by atoms with Crippen molar-refractivity contribution in [3.63, 3.8) is 0 Å². The molecule has 0 saturated heterocycles. The van der Waals surface area contributed by atoms with Gasteiger partial charge in [0.05, 0.1) is 19.4 Å². The summed E-state index contributed by atoms with van der Waals surface area (Å²) in [4.78, 5) is 11.0. The molecule has 2 rings (SSSR count). The smallest absolute Gasteiger partial charge is 0.305 e. The van der Waals surface area contributed by atoms with Crippen LogP contribution in [0.2, 0.25) is 0 Å². The Kier molecular flexibility index (Phi) is 7.48. The minimum atomic E-state index is -0.160. The Morgan fingerprint density at radius 2 is 2.17 bits per heavy atom. The fraction of sp³-hybridized carbons (Fsp3) is 0.471. The second-order valence-corrected chi connectivity index (χ2v) is 5.82. The van der Waals surface area contributed by atoms with Gasteiger partial charge in [-0.05, 0) is 37.2 Å². The number of hydrazone groups is 1. The molecule has 0 aromatic heterocycles. The average molecular weight is 349 g/mol. The van der Waals surface area contributed by atoms with E-state index in [1.165, 1.54) is 7.11 Å². The molecule has 24 heavy (non-hydrogen) atoms. The number of nitrogens with zero attached hydrogens (tertiary/aromatic N) is 1. The number of rotatable bonds is 7. The number of esters is 1. The Balaban J connectivity index is 1.67. The Hall–Kier alpha value is -2.15. The third-order valence-electron chi connectivity index (χ3n) is 3.66. The number of ether oxygens (including phenoxy) is 2. The molecule has 0 saturated carbocycles. The normalized spacial score (nSPS) is 14.5. The van der Waals surface area contributed by atoms with Crippen LogP contribution in [0.25, 0.3) is 0 Å². The lowest BCUT2D eigenvalue weighted by Crippen LogP contribution is -2.34. The minimum Gasteiger partial charge on any atom is -0.492 e. The summed E-state index contributed by atoms with van der Waals surface area (Å²) in [5.41, 5.74) is 4.84. The van der Waals surface area contributed by atoms with Crippen LogP contribution in [0.3, 0.4) is 0 Å². The van der Waals surface area contributed by atoms with Crippen LogP contribution in [0.15, 0.2) is 29.4 Å². The summed E-state index contributed by atoms with van der Waals surface area (Å²) in [6.07, 6.45) is 3.93. The average Bonchev–Trinajstić information content (AvgIpc) is 2.62. The lowest BCUT2D eigenvalue weighted by atomic mass is 10.0. The maximum absolute atomic E-state index is 11.0. The lowest BCUT2D eigenvalue weighted by Gasteiger charge is -2.19. The Bertz CT molecular complexity index is 604. The van der Waals surface area contributed by atoms with E-state index in [0.717, 1.165) is 49.3 Å².